The van der Waals surface area contributed by atoms with Gasteiger partial charge in [-0.15, -0.1) is 0 Å². The first kappa shape index (κ1) is 23.2. The van der Waals surface area contributed by atoms with Gasteiger partial charge in [0.05, 0.1) is 7.11 Å². The maximum atomic E-state index is 12.3. The first-order valence-electron chi connectivity index (χ1n) is 8.83. The van der Waals surface area contributed by atoms with E-state index in [-0.39, 0.29) is 36.1 Å². The predicted molar refractivity (Wildman–Crippen MR) is 97.8 cm³/mol. The number of alkyl halides is 5. The Bertz CT molecular complexity index is 842. The molecule has 30 heavy (non-hydrogen) atoms. The summed E-state index contributed by atoms with van der Waals surface area (Å²) in [5.41, 5.74) is 1.27. The van der Waals surface area contributed by atoms with Gasteiger partial charge in [0, 0.05) is 13.0 Å². The fraction of sp³-hybridized carbons (Fsp3) is 0.350. The Balaban J connectivity index is 1.85. The summed E-state index contributed by atoms with van der Waals surface area (Å²) in [4.78, 5) is 12.0. The summed E-state index contributed by atoms with van der Waals surface area (Å²) in [6.07, 6.45) is -4.04. The van der Waals surface area contributed by atoms with Crippen LogP contribution in [0.3, 0.4) is 0 Å². The quantitative estimate of drug-likeness (QED) is 0.561. The lowest BCUT2D eigenvalue weighted by molar-refractivity contribution is -0.153. The van der Waals surface area contributed by atoms with Gasteiger partial charge in [-0.05, 0) is 41.8 Å². The van der Waals surface area contributed by atoms with Crippen LogP contribution in [-0.4, -0.2) is 32.4 Å². The van der Waals surface area contributed by atoms with Gasteiger partial charge in [-0.1, -0.05) is 18.2 Å². The minimum absolute atomic E-state index is 0.00308. The van der Waals surface area contributed by atoms with E-state index in [0.29, 0.717) is 17.5 Å². The van der Waals surface area contributed by atoms with Crippen LogP contribution >= 0.6 is 0 Å². The van der Waals surface area contributed by atoms with Crippen LogP contribution in [0, 0.1) is 0 Å². The van der Waals surface area contributed by atoms with Crippen molar-refractivity contribution in [2.75, 3.05) is 13.7 Å². The molecule has 1 amide bonds. The van der Waals surface area contributed by atoms with E-state index in [0.717, 1.165) is 0 Å². The summed E-state index contributed by atoms with van der Waals surface area (Å²) in [5, 5.41) is 2.66. The van der Waals surface area contributed by atoms with Gasteiger partial charge in [0.15, 0.2) is 18.1 Å². The number of rotatable bonds is 10. The fourth-order valence-corrected chi connectivity index (χ4v) is 2.52. The third-order valence-corrected chi connectivity index (χ3v) is 3.87. The van der Waals surface area contributed by atoms with E-state index in [1.807, 2.05) is 0 Å². The molecule has 0 aliphatic carbocycles. The van der Waals surface area contributed by atoms with Crippen LogP contribution in [0.2, 0.25) is 0 Å². The third-order valence-electron chi connectivity index (χ3n) is 3.87. The smallest absolute Gasteiger partial charge is 0.422 e. The zero-order valence-corrected chi connectivity index (χ0v) is 16.0. The van der Waals surface area contributed by atoms with Gasteiger partial charge < -0.3 is 19.5 Å². The largest absolute Gasteiger partial charge is 0.493 e. The first-order chi connectivity index (χ1) is 14.2. The van der Waals surface area contributed by atoms with E-state index in [2.05, 4.69) is 10.1 Å². The van der Waals surface area contributed by atoms with Crippen molar-refractivity contribution in [3.05, 3.63) is 53.6 Å². The van der Waals surface area contributed by atoms with Crippen LogP contribution in [0.5, 0.6) is 17.2 Å². The maximum Gasteiger partial charge on any atom is 0.422 e. The second kappa shape index (κ2) is 10.7. The number of aryl methyl sites for hydroxylation is 1. The Labute approximate surface area is 169 Å². The lowest BCUT2D eigenvalue weighted by Crippen LogP contribution is -2.23. The number of carbonyl (C=O) groups excluding carboxylic acids is 1. The van der Waals surface area contributed by atoms with E-state index in [9.17, 15) is 26.7 Å². The number of hydrogen-bond donors (Lipinski definition) is 1. The number of amides is 1. The van der Waals surface area contributed by atoms with Crippen LogP contribution in [0.15, 0.2) is 42.5 Å². The van der Waals surface area contributed by atoms with Crippen molar-refractivity contribution in [2.24, 2.45) is 0 Å². The predicted octanol–water partition coefficient (Wildman–Crippen LogP) is 4.49. The topological polar surface area (TPSA) is 56.8 Å². The number of hydrogen-bond acceptors (Lipinski definition) is 4. The summed E-state index contributed by atoms with van der Waals surface area (Å²) >= 11 is 0. The zero-order chi connectivity index (χ0) is 22.1. The summed E-state index contributed by atoms with van der Waals surface area (Å²) in [5.74, 6) is -0.204. The zero-order valence-electron chi connectivity index (χ0n) is 16.0. The molecule has 0 fully saturated rings. The molecular formula is C20H20F5NO4. The standard InChI is InChI=1S/C20H20F5NO4/c1-28-17-10-13(5-7-16(17)29-12-20(23,24)25)6-8-18(27)26-11-14-3-2-4-15(9-14)30-19(21)22/h2-5,7,9-10,19H,6,8,11-12H2,1H3,(H,26,27). The Kier molecular flexibility index (Phi) is 8.25. The average molecular weight is 433 g/mol. The van der Waals surface area contributed by atoms with Crippen molar-refractivity contribution < 1.29 is 41.0 Å². The minimum Gasteiger partial charge on any atom is -0.493 e. The number of ether oxygens (including phenoxy) is 3. The Morgan fingerprint density at radius 1 is 1.07 bits per heavy atom. The summed E-state index contributed by atoms with van der Waals surface area (Å²) < 4.78 is 75.4. The molecule has 1 N–H and O–H groups in total. The van der Waals surface area contributed by atoms with Crippen molar-refractivity contribution in [3.8, 4) is 17.2 Å². The second-order valence-electron chi connectivity index (χ2n) is 6.19. The minimum atomic E-state index is -4.47. The molecule has 0 saturated heterocycles. The van der Waals surface area contributed by atoms with Gasteiger partial charge in [-0.3, -0.25) is 4.79 Å². The molecule has 2 rings (SSSR count). The molecule has 0 aliphatic heterocycles. The highest BCUT2D eigenvalue weighted by Crippen LogP contribution is 2.30. The SMILES string of the molecule is COc1cc(CCC(=O)NCc2cccc(OC(F)F)c2)ccc1OCC(F)(F)F. The fourth-order valence-electron chi connectivity index (χ4n) is 2.52. The van der Waals surface area contributed by atoms with Gasteiger partial charge in [0.2, 0.25) is 5.91 Å². The molecule has 2 aromatic carbocycles. The highest BCUT2D eigenvalue weighted by Gasteiger charge is 2.29. The molecule has 0 atom stereocenters. The molecule has 0 bridgehead atoms. The number of carbonyl (C=O) groups is 1. The van der Waals surface area contributed by atoms with E-state index >= 15 is 0 Å². The average Bonchev–Trinajstić information content (AvgIpc) is 2.68. The van der Waals surface area contributed by atoms with Crippen LogP contribution in [0.1, 0.15) is 17.5 Å². The Morgan fingerprint density at radius 3 is 2.50 bits per heavy atom. The molecule has 0 aliphatic rings. The van der Waals surface area contributed by atoms with Crippen LogP contribution in [-0.2, 0) is 17.8 Å². The first-order valence-corrected chi connectivity index (χ1v) is 8.83. The second-order valence-corrected chi connectivity index (χ2v) is 6.19. The van der Waals surface area contributed by atoms with Gasteiger partial charge in [0.25, 0.3) is 0 Å². The van der Waals surface area contributed by atoms with Crippen molar-refractivity contribution in [1.82, 2.24) is 5.32 Å². The lowest BCUT2D eigenvalue weighted by atomic mass is 10.1. The van der Waals surface area contributed by atoms with Gasteiger partial charge in [-0.2, -0.15) is 22.0 Å². The summed E-state index contributed by atoms with van der Waals surface area (Å²) in [6.45, 7) is -4.24. The maximum absolute atomic E-state index is 12.3. The van der Waals surface area contributed by atoms with Crippen molar-refractivity contribution in [1.29, 1.82) is 0 Å². The van der Waals surface area contributed by atoms with Crippen LogP contribution < -0.4 is 19.5 Å². The molecule has 10 heteroatoms. The molecule has 164 valence electrons. The highest BCUT2D eigenvalue weighted by molar-refractivity contribution is 5.76. The van der Waals surface area contributed by atoms with E-state index < -0.39 is 19.4 Å². The van der Waals surface area contributed by atoms with Crippen molar-refractivity contribution in [3.63, 3.8) is 0 Å². The van der Waals surface area contributed by atoms with Crippen molar-refractivity contribution in [2.45, 2.75) is 32.2 Å². The van der Waals surface area contributed by atoms with Gasteiger partial charge in [-0.25, -0.2) is 0 Å². The molecule has 0 saturated carbocycles. The Hall–Kier alpha value is -3.04. The molecule has 2 aromatic rings. The van der Waals surface area contributed by atoms with E-state index in [1.165, 1.54) is 37.4 Å². The Morgan fingerprint density at radius 2 is 1.83 bits per heavy atom. The van der Waals surface area contributed by atoms with E-state index in [1.54, 1.807) is 12.1 Å². The molecule has 0 aromatic heterocycles. The normalized spacial score (nSPS) is 11.3. The lowest BCUT2D eigenvalue weighted by Gasteiger charge is -2.13. The summed E-state index contributed by atoms with van der Waals surface area (Å²) in [6, 6.07) is 10.4. The third kappa shape index (κ3) is 8.14. The number of nitrogens with one attached hydrogen (secondary N) is 1. The van der Waals surface area contributed by atoms with Crippen molar-refractivity contribution >= 4 is 5.91 Å². The highest BCUT2D eigenvalue weighted by atomic mass is 19.4. The molecule has 0 spiro atoms. The molecule has 0 radical (unpaired) electrons. The van der Waals surface area contributed by atoms with Crippen LogP contribution in [0.25, 0.3) is 0 Å². The number of halogens is 5. The summed E-state index contributed by atoms with van der Waals surface area (Å²) in [7, 11) is 1.30. The van der Waals surface area contributed by atoms with Gasteiger partial charge in [0.1, 0.15) is 5.75 Å². The van der Waals surface area contributed by atoms with E-state index in [4.69, 9.17) is 9.47 Å². The number of methoxy groups -OCH3 is 1. The monoisotopic (exact) mass is 433 g/mol. The molecule has 5 nitrogen and oxygen atoms in total. The molecular weight excluding hydrogens is 413 g/mol. The van der Waals surface area contributed by atoms with Gasteiger partial charge >= 0.3 is 12.8 Å². The molecule has 0 heterocycles. The number of benzene rings is 2. The van der Waals surface area contributed by atoms with Crippen LogP contribution in [0.4, 0.5) is 22.0 Å². The molecule has 0 unspecified atom stereocenters.